The summed E-state index contributed by atoms with van der Waals surface area (Å²) in [6.45, 7) is 3.43. The number of carbonyl (C=O) groups is 3. The van der Waals surface area contributed by atoms with Crippen LogP contribution in [0.5, 0.6) is 5.75 Å². The molecule has 1 aromatic carbocycles. The quantitative estimate of drug-likeness (QED) is 0.247. The third kappa shape index (κ3) is 15.2. The zero-order valence-corrected chi connectivity index (χ0v) is 23.4. The number of aryl methyl sites for hydroxylation is 2. The molecule has 224 valence electrons. The standard InChI is InChI=1S/C26H38N2O5.C2HF3O2/c1-5-6-7-8-16-32-23-11-9-10-20(17-23)12-13-22-14-15-24(33-22)26(31)27-21(18-25(29)30)19-28(2,3)4;3-2(4,5)1(6)7/h9-11,14-15,17,21H,5-8,12-13,16,18-19H2,1-4H3,(H-,27,29,30,31);(H,6,7). The molecule has 0 aliphatic carbocycles. The maximum atomic E-state index is 12.6. The first kappa shape index (κ1) is 34.5. The summed E-state index contributed by atoms with van der Waals surface area (Å²) < 4.78 is 43.7. The van der Waals surface area contributed by atoms with Crippen molar-refractivity contribution in [3.05, 3.63) is 53.5 Å². The molecule has 0 aliphatic heterocycles. The molecule has 0 radical (unpaired) electrons. The lowest BCUT2D eigenvalue weighted by Crippen LogP contribution is -2.49. The molecule has 2 rings (SSSR count). The molecule has 1 amide bonds. The number of nitrogens with one attached hydrogen (secondary N) is 1. The minimum absolute atomic E-state index is 0.133. The van der Waals surface area contributed by atoms with Gasteiger partial charge in [0.1, 0.15) is 17.5 Å². The predicted octanol–water partition coefficient (Wildman–Crippen LogP) is 3.60. The van der Waals surface area contributed by atoms with Gasteiger partial charge in [0.05, 0.1) is 46.8 Å². The SMILES string of the molecule is CCCCCCOc1cccc(CCc2ccc(C(=O)NC(CC(=O)O)C[N+](C)(C)C)o2)c1.O=C([O-])C(F)(F)F. The van der Waals surface area contributed by atoms with Gasteiger partial charge in [0.15, 0.2) is 5.76 Å². The molecule has 9 nitrogen and oxygen atoms in total. The average molecular weight is 573 g/mol. The van der Waals surface area contributed by atoms with Gasteiger partial charge in [-0.15, -0.1) is 0 Å². The van der Waals surface area contributed by atoms with Crippen molar-refractivity contribution >= 4 is 17.8 Å². The fourth-order valence-electron chi connectivity index (χ4n) is 3.70. The number of ether oxygens (including phenoxy) is 1. The molecule has 1 heterocycles. The molecule has 0 bridgehead atoms. The third-order valence-electron chi connectivity index (χ3n) is 5.47. The van der Waals surface area contributed by atoms with Gasteiger partial charge in [-0.2, -0.15) is 13.2 Å². The van der Waals surface area contributed by atoms with E-state index in [0.29, 0.717) is 23.2 Å². The molecular formula is C28H39F3N2O7. The van der Waals surface area contributed by atoms with Crippen LogP contribution in [0.2, 0.25) is 0 Å². The first-order valence-electron chi connectivity index (χ1n) is 13.0. The fourth-order valence-corrected chi connectivity index (χ4v) is 3.70. The van der Waals surface area contributed by atoms with Crippen molar-refractivity contribution in [1.82, 2.24) is 5.32 Å². The number of carboxylic acid groups (broad SMARTS) is 2. The molecule has 40 heavy (non-hydrogen) atoms. The summed E-state index contributed by atoms with van der Waals surface area (Å²) in [7, 11) is 5.87. The van der Waals surface area contributed by atoms with Gasteiger partial charge in [-0.3, -0.25) is 9.59 Å². The van der Waals surface area contributed by atoms with Crippen LogP contribution >= 0.6 is 0 Å². The lowest BCUT2D eigenvalue weighted by atomic mass is 10.1. The van der Waals surface area contributed by atoms with Crippen LogP contribution in [0.15, 0.2) is 40.8 Å². The molecule has 0 saturated carbocycles. The van der Waals surface area contributed by atoms with E-state index in [4.69, 9.17) is 24.2 Å². The lowest BCUT2D eigenvalue weighted by Gasteiger charge is -2.28. The monoisotopic (exact) mass is 572 g/mol. The largest absolute Gasteiger partial charge is 0.542 e. The van der Waals surface area contributed by atoms with Crippen molar-refractivity contribution in [2.75, 3.05) is 34.3 Å². The third-order valence-corrected chi connectivity index (χ3v) is 5.47. The number of rotatable bonds is 15. The molecule has 0 aliphatic rings. The molecule has 1 atom stereocenters. The van der Waals surface area contributed by atoms with Gasteiger partial charge in [-0.1, -0.05) is 38.3 Å². The van der Waals surface area contributed by atoms with E-state index in [-0.39, 0.29) is 18.1 Å². The Morgan fingerprint density at radius 2 is 1.75 bits per heavy atom. The Kier molecular flexibility index (Phi) is 14.3. The smallest absolute Gasteiger partial charge is 0.430 e. The van der Waals surface area contributed by atoms with Crippen LogP contribution in [0, 0.1) is 0 Å². The normalized spacial score (nSPS) is 12.2. The summed E-state index contributed by atoms with van der Waals surface area (Å²) in [5, 5.41) is 20.7. The van der Waals surface area contributed by atoms with Crippen molar-refractivity contribution < 1.29 is 51.4 Å². The Labute approximate surface area is 232 Å². The van der Waals surface area contributed by atoms with Crippen LogP contribution in [0.25, 0.3) is 0 Å². The number of alkyl halides is 3. The molecule has 1 unspecified atom stereocenters. The number of unbranched alkanes of at least 4 members (excludes halogenated alkanes) is 3. The van der Waals surface area contributed by atoms with Gasteiger partial charge in [0.2, 0.25) is 0 Å². The van der Waals surface area contributed by atoms with Crippen LogP contribution < -0.4 is 15.2 Å². The zero-order valence-electron chi connectivity index (χ0n) is 23.4. The molecule has 2 N–H and O–H groups in total. The highest BCUT2D eigenvalue weighted by atomic mass is 19.4. The van der Waals surface area contributed by atoms with Gasteiger partial charge >= 0.3 is 12.1 Å². The van der Waals surface area contributed by atoms with Crippen molar-refractivity contribution in [3.63, 3.8) is 0 Å². The number of quaternary nitrogens is 1. The predicted molar refractivity (Wildman–Crippen MR) is 140 cm³/mol. The number of benzene rings is 1. The first-order chi connectivity index (χ1) is 18.6. The Bertz CT molecular complexity index is 1080. The first-order valence-corrected chi connectivity index (χ1v) is 13.0. The number of hydrogen-bond donors (Lipinski definition) is 2. The van der Waals surface area contributed by atoms with E-state index >= 15 is 0 Å². The number of furan rings is 1. The van der Waals surface area contributed by atoms with E-state index in [1.54, 1.807) is 12.1 Å². The van der Waals surface area contributed by atoms with Crippen LogP contribution in [-0.4, -0.2) is 73.9 Å². The maximum Gasteiger partial charge on any atom is 0.430 e. The topological polar surface area (TPSA) is 129 Å². The number of halogens is 3. The second-order valence-electron chi connectivity index (χ2n) is 10.3. The van der Waals surface area contributed by atoms with E-state index in [2.05, 4.69) is 24.4 Å². The molecule has 2 aromatic rings. The molecule has 0 spiro atoms. The van der Waals surface area contributed by atoms with Gasteiger partial charge in [0.25, 0.3) is 5.91 Å². The van der Waals surface area contributed by atoms with Crippen molar-refractivity contribution in [1.29, 1.82) is 0 Å². The number of hydrogen-bond acceptors (Lipinski definition) is 6. The highest BCUT2D eigenvalue weighted by molar-refractivity contribution is 5.92. The minimum atomic E-state index is -5.19. The number of amides is 1. The Balaban J connectivity index is 0.00000101. The van der Waals surface area contributed by atoms with E-state index in [1.165, 1.54) is 19.3 Å². The van der Waals surface area contributed by atoms with E-state index in [1.807, 2.05) is 33.3 Å². The fraction of sp³-hybridized carbons (Fsp3) is 0.536. The van der Waals surface area contributed by atoms with Crippen LogP contribution in [0.3, 0.4) is 0 Å². The molecule has 1 aromatic heterocycles. The summed E-state index contributed by atoms with van der Waals surface area (Å²) in [6, 6.07) is 11.0. The molecule has 0 fully saturated rings. The number of aliphatic carboxylic acids is 2. The Morgan fingerprint density at radius 1 is 1.07 bits per heavy atom. The second kappa shape index (κ2) is 16.5. The Hall–Kier alpha value is -3.54. The molecule has 12 heteroatoms. The van der Waals surface area contributed by atoms with Gasteiger partial charge < -0.3 is 34.0 Å². The number of carboxylic acids is 2. The molecular weight excluding hydrogens is 533 g/mol. The number of likely N-dealkylation sites (N-methyl/N-ethyl adjacent to an activating group) is 1. The van der Waals surface area contributed by atoms with Gasteiger partial charge in [0, 0.05) is 6.42 Å². The van der Waals surface area contributed by atoms with E-state index in [9.17, 15) is 22.8 Å². The van der Waals surface area contributed by atoms with Crippen LogP contribution in [-0.2, 0) is 22.4 Å². The second-order valence-corrected chi connectivity index (χ2v) is 10.3. The summed E-state index contributed by atoms with van der Waals surface area (Å²) in [5.74, 6) is -2.54. The lowest BCUT2D eigenvalue weighted by molar-refractivity contribution is -0.871. The summed E-state index contributed by atoms with van der Waals surface area (Å²) in [5.41, 5.74) is 1.15. The highest BCUT2D eigenvalue weighted by Gasteiger charge is 2.29. The van der Waals surface area contributed by atoms with Crippen LogP contribution in [0.4, 0.5) is 13.2 Å². The molecule has 0 saturated heterocycles. The van der Waals surface area contributed by atoms with Gasteiger partial charge in [-0.05, 0) is 42.7 Å². The average Bonchev–Trinajstić information content (AvgIpc) is 3.30. The minimum Gasteiger partial charge on any atom is -0.542 e. The summed E-state index contributed by atoms with van der Waals surface area (Å²) in [6.07, 6.45) is 0.809. The summed E-state index contributed by atoms with van der Waals surface area (Å²) in [4.78, 5) is 32.6. The van der Waals surface area contributed by atoms with E-state index < -0.39 is 24.2 Å². The highest BCUT2D eigenvalue weighted by Crippen LogP contribution is 2.17. The van der Waals surface area contributed by atoms with Crippen molar-refractivity contribution in [2.24, 2.45) is 0 Å². The Morgan fingerprint density at radius 3 is 2.33 bits per heavy atom. The van der Waals surface area contributed by atoms with E-state index in [0.717, 1.165) is 30.8 Å². The van der Waals surface area contributed by atoms with Gasteiger partial charge in [-0.25, -0.2) is 0 Å². The summed E-state index contributed by atoms with van der Waals surface area (Å²) >= 11 is 0. The van der Waals surface area contributed by atoms with Crippen molar-refractivity contribution in [3.8, 4) is 5.75 Å². The zero-order chi connectivity index (χ0) is 30.3. The van der Waals surface area contributed by atoms with Crippen molar-refractivity contribution in [2.45, 2.75) is 64.1 Å². The number of carbonyl (C=O) groups excluding carboxylic acids is 2. The van der Waals surface area contributed by atoms with Crippen LogP contribution in [0.1, 0.15) is 60.9 Å². The number of nitrogens with zero attached hydrogens (tertiary/aromatic N) is 1. The maximum absolute atomic E-state index is 12.6.